The molecule has 0 aromatic heterocycles. The monoisotopic (exact) mass is 542 g/mol. The van der Waals surface area contributed by atoms with Gasteiger partial charge in [-0.15, -0.1) is 0 Å². The Morgan fingerprint density at radius 1 is 1.13 bits per heavy atom. The third-order valence-corrected chi connectivity index (χ3v) is 8.17. The van der Waals surface area contributed by atoms with E-state index >= 15 is 0 Å². The summed E-state index contributed by atoms with van der Waals surface area (Å²) in [5, 5.41) is 11.7. The number of benzene rings is 2. The number of nitrogens with one attached hydrogen (secondary N) is 1. The number of ether oxygens (including phenoxy) is 2. The van der Waals surface area contributed by atoms with Crippen LogP contribution in [0.1, 0.15) is 47.6 Å². The second-order valence-corrected chi connectivity index (χ2v) is 12.3. The second-order valence-electron chi connectivity index (χ2n) is 10.5. The van der Waals surface area contributed by atoms with E-state index in [1.807, 2.05) is 30.0 Å². The van der Waals surface area contributed by atoms with Crippen molar-refractivity contribution in [3.8, 4) is 11.5 Å². The molecule has 1 amide bonds. The number of sulfonamides is 1. The fourth-order valence-electron chi connectivity index (χ4n) is 5.80. The highest BCUT2D eigenvalue weighted by Gasteiger charge is 2.31. The zero-order valence-corrected chi connectivity index (χ0v) is 23.4. The summed E-state index contributed by atoms with van der Waals surface area (Å²) in [4.78, 5) is 14.3. The number of nitrogens with zero attached hydrogens (tertiary/aromatic N) is 1. The first-order valence-corrected chi connectivity index (χ1v) is 14.9. The maximum Gasteiger partial charge on any atom is 0.237 e. The van der Waals surface area contributed by atoms with Gasteiger partial charge in [-0.1, -0.05) is 24.3 Å². The first-order chi connectivity index (χ1) is 18.1. The van der Waals surface area contributed by atoms with Gasteiger partial charge in [-0.2, -0.15) is 0 Å². The van der Waals surface area contributed by atoms with Gasteiger partial charge in [-0.3, -0.25) is 9.52 Å². The summed E-state index contributed by atoms with van der Waals surface area (Å²) >= 11 is 0. The highest BCUT2D eigenvalue weighted by molar-refractivity contribution is 7.89. The third kappa shape index (κ3) is 6.88. The summed E-state index contributed by atoms with van der Waals surface area (Å²) in [7, 11) is -0.359. The topological polar surface area (TPSA) is 105 Å². The molecule has 0 bridgehead atoms. The normalized spacial score (nSPS) is 17.1. The average molecular weight is 543 g/mol. The van der Waals surface area contributed by atoms with Gasteiger partial charge in [-0.25, -0.2) is 8.42 Å². The van der Waals surface area contributed by atoms with Crippen LogP contribution in [0.4, 0.5) is 0 Å². The highest BCUT2D eigenvalue weighted by Crippen LogP contribution is 2.39. The number of rotatable bonds is 11. The lowest BCUT2D eigenvalue weighted by Crippen LogP contribution is -2.29. The molecule has 206 valence electrons. The molecule has 0 fully saturated rings. The van der Waals surface area contributed by atoms with Crippen LogP contribution < -0.4 is 14.2 Å². The molecule has 8 nitrogen and oxygen atoms in total. The van der Waals surface area contributed by atoms with E-state index in [0.717, 1.165) is 48.8 Å². The Labute approximate surface area is 225 Å². The standard InChI is InChI=1S/C29H38N2O6S/c1-19-26(36-2)15-24(16-27(19)37-3)29(33)25(13-21-11-22-7-5-6-8-23(22)12-21)18-31-10-9-20(17-31)14-28(32)30-38(4,34)35/h5-8,15-17,21,25,29,33H,9-14,18H2,1-4H3,(H,30,32)/t25-,29+/m0/s1. The highest BCUT2D eigenvalue weighted by atomic mass is 32.2. The SMILES string of the molecule is COc1cc([C@@H](O)[C@@H](CC2Cc3ccccc3C2)CN2C=C(CC(=O)NS(C)(=O)=O)CC2)cc(OC)c1C. The molecule has 0 radical (unpaired) electrons. The second kappa shape index (κ2) is 11.8. The van der Waals surface area contributed by atoms with Gasteiger partial charge in [0.15, 0.2) is 0 Å². The zero-order valence-electron chi connectivity index (χ0n) is 22.6. The lowest BCUT2D eigenvalue weighted by Gasteiger charge is -2.30. The van der Waals surface area contributed by atoms with Gasteiger partial charge in [0.2, 0.25) is 15.9 Å². The summed E-state index contributed by atoms with van der Waals surface area (Å²) < 4.78 is 35.9. The van der Waals surface area contributed by atoms with Crippen molar-refractivity contribution in [2.45, 2.75) is 45.1 Å². The lowest BCUT2D eigenvalue weighted by atomic mass is 9.85. The Balaban J connectivity index is 1.54. The molecular formula is C29H38N2O6S. The van der Waals surface area contributed by atoms with E-state index in [-0.39, 0.29) is 12.3 Å². The Morgan fingerprint density at radius 3 is 2.29 bits per heavy atom. The maximum atomic E-state index is 12.1. The molecule has 9 heteroatoms. The van der Waals surface area contributed by atoms with Crippen molar-refractivity contribution in [2.75, 3.05) is 33.6 Å². The van der Waals surface area contributed by atoms with Crippen molar-refractivity contribution in [2.24, 2.45) is 11.8 Å². The maximum absolute atomic E-state index is 12.1. The molecule has 1 aliphatic carbocycles. The van der Waals surface area contributed by atoms with E-state index in [1.54, 1.807) is 14.2 Å². The molecule has 2 N–H and O–H groups in total. The molecule has 1 heterocycles. The molecule has 0 unspecified atom stereocenters. The van der Waals surface area contributed by atoms with Gasteiger partial charge in [0.05, 0.1) is 33.0 Å². The van der Waals surface area contributed by atoms with Gasteiger partial charge >= 0.3 is 0 Å². The van der Waals surface area contributed by atoms with E-state index in [1.165, 1.54) is 11.1 Å². The van der Waals surface area contributed by atoms with Crippen molar-refractivity contribution >= 4 is 15.9 Å². The molecule has 0 spiro atoms. The number of amides is 1. The van der Waals surface area contributed by atoms with Crippen LogP contribution in [-0.2, 0) is 27.7 Å². The van der Waals surface area contributed by atoms with Crippen molar-refractivity contribution < 1.29 is 27.8 Å². The van der Waals surface area contributed by atoms with Crippen molar-refractivity contribution in [1.82, 2.24) is 9.62 Å². The summed E-state index contributed by atoms with van der Waals surface area (Å²) in [5.41, 5.74) is 5.27. The Kier molecular flexibility index (Phi) is 8.67. The fraction of sp³-hybridized carbons (Fsp3) is 0.483. The molecule has 1 aliphatic heterocycles. The van der Waals surface area contributed by atoms with Crippen molar-refractivity contribution in [1.29, 1.82) is 0 Å². The predicted octanol–water partition coefficient (Wildman–Crippen LogP) is 3.52. The largest absolute Gasteiger partial charge is 0.496 e. The quantitative estimate of drug-likeness (QED) is 0.448. The van der Waals surface area contributed by atoms with E-state index in [0.29, 0.717) is 30.4 Å². The first-order valence-electron chi connectivity index (χ1n) is 13.0. The van der Waals surface area contributed by atoms with Crippen LogP contribution in [0.15, 0.2) is 48.2 Å². The fourth-order valence-corrected chi connectivity index (χ4v) is 6.29. The van der Waals surface area contributed by atoms with Gasteiger partial charge in [0.25, 0.3) is 0 Å². The number of carbonyl (C=O) groups is 1. The Hall–Kier alpha value is -3.04. The molecule has 4 rings (SSSR count). The molecular weight excluding hydrogens is 504 g/mol. The molecule has 0 saturated carbocycles. The molecule has 0 saturated heterocycles. The van der Waals surface area contributed by atoms with E-state index in [2.05, 4.69) is 29.2 Å². The number of aliphatic hydroxyl groups is 1. The van der Waals surface area contributed by atoms with Gasteiger partial charge in [-0.05, 0) is 79.1 Å². The number of carbonyl (C=O) groups excluding carboxylic acids is 1. The van der Waals surface area contributed by atoms with E-state index < -0.39 is 22.0 Å². The Bertz CT molecular complexity index is 1260. The number of fused-ring (bicyclic) bond motifs is 1. The average Bonchev–Trinajstić information content (AvgIpc) is 3.48. The smallest absolute Gasteiger partial charge is 0.237 e. The predicted molar refractivity (Wildman–Crippen MR) is 147 cm³/mol. The van der Waals surface area contributed by atoms with Crippen LogP contribution in [0, 0.1) is 18.8 Å². The summed E-state index contributed by atoms with van der Waals surface area (Å²) in [5.74, 6) is 1.16. The number of hydrogen-bond acceptors (Lipinski definition) is 7. The minimum Gasteiger partial charge on any atom is -0.496 e. The summed E-state index contributed by atoms with van der Waals surface area (Å²) in [6.45, 7) is 3.26. The van der Waals surface area contributed by atoms with E-state index in [4.69, 9.17) is 9.47 Å². The van der Waals surface area contributed by atoms with Crippen LogP contribution >= 0.6 is 0 Å². The van der Waals surface area contributed by atoms with Crippen LogP contribution in [0.2, 0.25) is 0 Å². The first kappa shape index (κ1) is 28.0. The van der Waals surface area contributed by atoms with Crippen LogP contribution in [0.5, 0.6) is 11.5 Å². The number of hydrogen-bond donors (Lipinski definition) is 2. The zero-order chi connectivity index (χ0) is 27.4. The minimum absolute atomic E-state index is 0.0427. The molecule has 2 aromatic carbocycles. The van der Waals surface area contributed by atoms with Crippen molar-refractivity contribution in [3.63, 3.8) is 0 Å². The van der Waals surface area contributed by atoms with Crippen molar-refractivity contribution in [3.05, 3.63) is 70.4 Å². The molecule has 2 aliphatic rings. The minimum atomic E-state index is -3.58. The summed E-state index contributed by atoms with van der Waals surface area (Å²) in [6, 6.07) is 12.3. The molecule has 2 aromatic rings. The van der Waals surface area contributed by atoms with Crippen LogP contribution in [0.25, 0.3) is 0 Å². The van der Waals surface area contributed by atoms with Gasteiger partial charge in [0.1, 0.15) is 11.5 Å². The van der Waals surface area contributed by atoms with E-state index in [9.17, 15) is 18.3 Å². The van der Waals surface area contributed by atoms with Crippen LogP contribution in [-0.4, -0.2) is 57.9 Å². The van der Waals surface area contributed by atoms with Crippen LogP contribution in [0.3, 0.4) is 0 Å². The molecule has 2 atom stereocenters. The number of aliphatic hydroxyl groups excluding tert-OH is 1. The lowest BCUT2D eigenvalue weighted by molar-refractivity contribution is -0.118. The third-order valence-electron chi connectivity index (χ3n) is 7.58. The Morgan fingerprint density at radius 2 is 1.74 bits per heavy atom. The van der Waals surface area contributed by atoms with Gasteiger partial charge in [0, 0.05) is 24.6 Å². The van der Waals surface area contributed by atoms with Gasteiger partial charge < -0.3 is 19.5 Å². The number of methoxy groups -OCH3 is 2. The summed E-state index contributed by atoms with van der Waals surface area (Å²) in [6.07, 6.45) is 5.72. The molecule has 38 heavy (non-hydrogen) atoms.